The molecular formula is C18H23FN4O. The number of hydrogen-bond acceptors (Lipinski definition) is 3. The Labute approximate surface area is 140 Å². The molecule has 4 rings (SSSR count). The molecule has 2 unspecified atom stereocenters. The zero-order chi connectivity index (χ0) is 17.0. The highest BCUT2D eigenvalue weighted by molar-refractivity contribution is 5.83. The number of rotatable bonds is 4. The Kier molecular flexibility index (Phi) is 3.60. The minimum Gasteiger partial charge on any atom is -0.346 e. The van der Waals surface area contributed by atoms with Gasteiger partial charge in [-0.25, -0.2) is 9.37 Å². The highest BCUT2D eigenvalue weighted by atomic mass is 19.1. The largest absolute Gasteiger partial charge is 0.346 e. The predicted molar refractivity (Wildman–Crippen MR) is 88.9 cm³/mol. The van der Waals surface area contributed by atoms with Gasteiger partial charge in [0.2, 0.25) is 5.91 Å². The number of nitrogens with zero attached hydrogens (tertiary/aromatic N) is 2. The first-order chi connectivity index (χ1) is 11.5. The van der Waals surface area contributed by atoms with Gasteiger partial charge in [0.25, 0.3) is 0 Å². The molecule has 2 aromatic heterocycles. The molecule has 2 aliphatic rings. The highest BCUT2D eigenvalue weighted by Crippen LogP contribution is 2.49. The summed E-state index contributed by atoms with van der Waals surface area (Å²) in [5.41, 5.74) is 1.13. The van der Waals surface area contributed by atoms with E-state index in [4.69, 9.17) is 0 Å². The van der Waals surface area contributed by atoms with Crippen LogP contribution in [0.4, 0.5) is 4.39 Å². The molecule has 1 aliphatic heterocycles. The fraction of sp³-hybridized carbons (Fsp3) is 0.556. The molecule has 0 aromatic carbocycles. The lowest BCUT2D eigenvalue weighted by Gasteiger charge is -2.22. The number of carbonyl (C=O) groups is 1. The highest BCUT2D eigenvalue weighted by Gasteiger charge is 2.57. The summed E-state index contributed by atoms with van der Waals surface area (Å²) in [6.07, 6.45) is 1.81. The van der Waals surface area contributed by atoms with Crippen molar-refractivity contribution < 1.29 is 9.18 Å². The van der Waals surface area contributed by atoms with E-state index in [1.54, 1.807) is 17.4 Å². The Morgan fingerprint density at radius 2 is 2.12 bits per heavy atom. The van der Waals surface area contributed by atoms with Gasteiger partial charge < -0.3 is 10.6 Å². The number of halogens is 1. The van der Waals surface area contributed by atoms with Gasteiger partial charge in [0.05, 0.1) is 11.7 Å². The van der Waals surface area contributed by atoms with Crippen molar-refractivity contribution in [2.24, 2.45) is 23.7 Å². The van der Waals surface area contributed by atoms with Gasteiger partial charge in [-0.05, 0) is 49.9 Å². The van der Waals surface area contributed by atoms with E-state index in [2.05, 4.69) is 29.5 Å². The maximum absolute atomic E-state index is 14.1. The average Bonchev–Trinajstić information content (AvgIpc) is 2.87. The van der Waals surface area contributed by atoms with E-state index in [-0.39, 0.29) is 29.6 Å². The van der Waals surface area contributed by atoms with Gasteiger partial charge in [-0.15, -0.1) is 0 Å². The van der Waals surface area contributed by atoms with Crippen molar-refractivity contribution in [1.82, 2.24) is 20.0 Å². The number of nitrogens with one attached hydrogen (secondary N) is 2. The Morgan fingerprint density at radius 1 is 1.42 bits per heavy atom. The van der Waals surface area contributed by atoms with E-state index in [0.717, 1.165) is 13.1 Å². The first kappa shape index (κ1) is 15.6. The lowest BCUT2D eigenvalue weighted by atomic mass is 10.0. The number of aryl methyl sites for hydroxylation is 1. The van der Waals surface area contributed by atoms with Crippen LogP contribution in [0.5, 0.6) is 0 Å². The van der Waals surface area contributed by atoms with Crippen molar-refractivity contribution in [1.29, 1.82) is 0 Å². The molecule has 2 N–H and O–H groups in total. The first-order valence-electron chi connectivity index (χ1n) is 8.63. The topological polar surface area (TPSA) is 58.4 Å². The van der Waals surface area contributed by atoms with E-state index in [0.29, 0.717) is 28.9 Å². The molecule has 6 heteroatoms. The first-order valence-corrected chi connectivity index (χ1v) is 8.63. The third kappa shape index (κ3) is 2.32. The minimum absolute atomic E-state index is 0.107. The van der Waals surface area contributed by atoms with Crippen molar-refractivity contribution in [2.45, 2.75) is 26.8 Å². The Bertz CT molecular complexity index is 790. The van der Waals surface area contributed by atoms with Crippen molar-refractivity contribution in [2.75, 3.05) is 13.1 Å². The molecule has 4 atom stereocenters. The zero-order valence-corrected chi connectivity index (χ0v) is 14.2. The molecule has 2 aromatic rings. The summed E-state index contributed by atoms with van der Waals surface area (Å²) in [6.45, 7) is 7.78. The lowest BCUT2D eigenvalue weighted by Crippen LogP contribution is -2.36. The van der Waals surface area contributed by atoms with Crippen molar-refractivity contribution in [3.63, 3.8) is 0 Å². The number of amides is 1. The second kappa shape index (κ2) is 5.55. The van der Waals surface area contributed by atoms with Crippen LogP contribution in [0.15, 0.2) is 18.3 Å². The predicted octanol–water partition coefficient (Wildman–Crippen LogP) is 2.06. The lowest BCUT2D eigenvalue weighted by molar-refractivity contribution is -0.124. The molecule has 1 amide bonds. The molecule has 3 heterocycles. The smallest absolute Gasteiger partial charge is 0.224 e. The summed E-state index contributed by atoms with van der Waals surface area (Å²) in [5, 5.41) is 6.49. The van der Waals surface area contributed by atoms with Crippen LogP contribution in [0.2, 0.25) is 0 Å². The van der Waals surface area contributed by atoms with Crippen molar-refractivity contribution >= 4 is 11.4 Å². The number of pyridine rings is 1. The van der Waals surface area contributed by atoms with Crippen LogP contribution in [0.3, 0.4) is 0 Å². The van der Waals surface area contributed by atoms with Crippen LogP contribution in [0.25, 0.3) is 5.52 Å². The van der Waals surface area contributed by atoms with Crippen LogP contribution in [-0.4, -0.2) is 28.4 Å². The third-order valence-corrected chi connectivity index (χ3v) is 5.45. The quantitative estimate of drug-likeness (QED) is 0.902. The number of carbonyl (C=O) groups excluding carboxylic acids is 1. The van der Waals surface area contributed by atoms with Crippen LogP contribution in [-0.2, 0) is 4.79 Å². The molecule has 2 fully saturated rings. The van der Waals surface area contributed by atoms with Gasteiger partial charge in [-0.1, -0.05) is 13.8 Å². The molecule has 1 saturated carbocycles. The van der Waals surface area contributed by atoms with Gasteiger partial charge >= 0.3 is 0 Å². The van der Waals surface area contributed by atoms with Crippen LogP contribution >= 0.6 is 0 Å². The molecule has 0 bridgehead atoms. The summed E-state index contributed by atoms with van der Waals surface area (Å²) in [4.78, 5) is 17.2. The number of aromatic nitrogens is 2. The zero-order valence-electron chi connectivity index (χ0n) is 14.2. The average molecular weight is 330 g/mol. The summed E-state index contributed by atoms with van der Waals surface area (Å²) in [5.74, 6) is 1.77. The van der Waals surface area contributed by atoms with Gasteiger partial charge in [0.1, 0.15) is 17.2 Å². The fourth-order valence-electron chi connectivity index (χ4n) is 4.10. The fourth-order valence-corrected chi connectivity index (χ4v) is 4.10. The van der Waals surface area contributed by atoms with Crippen LogP contribution in [0, 0.1) is 36.4 Å². The SMILES string of the molecule is Cc1nc(C(NC(=O)C2[C@H]3CNC[C@@H]23)C(C)C)n2cccc(F)c12. The van der Waals surface area contributed by atoms with Crippen LogP contribution in [0.1, 0.15) is 31.4 Å². The number of piperidine rings is 1. The Morgan fingerprint density at radius 3 is 2.79 bits per heavy atom. The standard InChI is InChI=1S/C18H23FN4O/c1-9(2)15(22-18(24)14-11-7-20-8-12(11)14)17-21-10(3)16-13(19)5-4-6-23(16)17/h4-6,9,11-12,14-15,20H,7-8H2,1-3H3,(H,22,24)/t11-,12+,14?,15?. The summed E-state index contributed by atoms with van der Waals surface area (Å²) in [6, 6.07) is 2.88. The maximum atomic E-state index is 14.1. The van der Waals surface area contributed by atoms with Gasteiger partial charge in [0, 0.05) is 12.1 Å². The normalized spacial score (nSPS) is 26.6. The van der Waals surface area contributed by atoms with Crippen molar-refractivity contribution in [3.8, 4) is 0 Å². The van der Waals surface area contributed by atoms with Gasteiger partial charge in [-0.3, -0.25) is 9.20 Å². The molecular weight excluding hydrogens is 307 g/mol. The Hall–Kier alpha value is -1.95. The molecule has 1 aliphatic carbocycles. The second-order valence-corrected chi connectivity index (χ2v) is 7.37. The van der Waals surface area contributed by atoms with E-state index >= 15 is 0 Å². The second-order valence-electron chi connectivity index (χ2n) is 7.37. The van der Waals surface area contributed by atoms with E-state index in [1.165, 1.54) is 6.07 Å². The minimum atomic E-state index is -0.287. The van der Waals surface area contributed by atoms with E-state index in [1.807, 2.05) is 6.20 Å². The van der Waals surface area contributed by atoms with E-state index in [9.17, 15) is 9.18 Å². The summed E-state index contributed by atoms with van der Waals surface area (Å²) >= 11 is 0. The van der Waals surface area contributed by atoms with Crippen LogP contribution < -0.4 is 10.6 Å². The molecule has 1 saturated heterocycles. The molecule has 24 heavy (non-hydrogen) atoms. The molecule has 5 nitrogen and oxygen atoms in total. The molecule has 0 spiro atoms. The third-order valence-electron chi connectivity index (χ3n) is 5.45. The monoisotopic (exact) mass is 330 g/mol. The maximum Gasteiger partial charge on any atom is 0.224 e. The summed E-state index contributed by atoms with van der Waals surface area (Å²) < 4.78 is 15.9. The van der Waals surface area contributed by atoms with Crippen molar-refractivity contribution in [3.05, 3.63) is 35.7 Å². The van der Waals surface area contributed by atoms with Gasteiger partial charge in [-0.2, -0.15) is 0 Å². The van der Waals surface area contributed by atoms with Gasteiger partial charge in [0.15, 0.2) is 0 Å². The Balaban J connectivity index is 1.64. The number of fused-ring (bicyclic) bond motifs is 2. The number of imidazole rings is 1. The number of hydrogen-bond donors (Lipinski definition) is 2. The van der Waals surface area contributed by atoms with E-state index < -0.39 is 0 Å². The molecule has 0 radical (unpaired) electrons. The summed E-state index contributed by atoms with van der Waals surface area (Å²) in [7, 11) is 0. The molecule has 128 valence electrons.